The molecule has 146 valence electrons. The normalized spacial score (nSPS) is 28.4. The molecule has 5 atom stereocenters. The van der Waals surface area contributed by atoms with E-state index in [4.69, 9.17) is 15.6 Å². The summed E-state index contributed by atoms with van der Waals surface area (Å²) < 4.78 is 5.90. The number of carbonyl (C=O) groups is 3. The number of nitrogens with one attached hydrogen (secondary N) is 1. The minimum atomic E-state index is -1.24. The molecule has 7 heteroatoms. The number of ether oxygens (including phenoxy) is 1. The number of rotatable bonds is 7. The monoisotopic (exact) mass is 374 g/mol. The van der Waals surface area contributed by atoms with Gasteiger partial charge in [0.25, 0.3) is 0 Å². The molecular weight excluding hydrogens is 348 g/mol. The molecule has 1 aromatic carbocycles. The van der Waals surface area contributed by atoms with E-state index in [1.807, 2.05) is 6.92 Å². The first-order valence-electron chi connectivity index (χ1n) is 9.34. The van der Waals surface area contributed by atoms with E-state index in [1.54, 1.807) is 30.3 Å². The van der Waals surface area contributed by atoms with Crippen molar-refractivity contribution < 1.29 is 24.2 Å². The predicted octanol–water partition coefficient (Wildman–Crippen LogP) is 1.77. The van der Waals surface area contributed by atoms with Crippen LogP contribution in [0.4, 0.5) is 0 Å². The number of esters is 1. The molecule has 2 aliphatic carbocycles. The summed E-state index contributed by atoms with van der Waals surface area (Å²) in [5.41, 5.74) is 5.70. The topological polar surface area (TPSA) is 119 Å². The Hall–Kier alpha value is -2.41. The Morgan fingerprint density at radius 1 is 1.30 bits per heavy atom. The third kappa shape index (κ3) is 4.30. The van der Waals surface area contributed by atoms with Gasteiger partial charge in [-0.05, 0) is 50.0 Å². The zero-order valence-electron chi connectivity index (χ0n) is 15.4. The Labute approximate surface area is 158 Å². The minimum absolute atomic E-state index is 0.354. The van der Waals surface area contributed by atoms with Crippen LogP contribution in [-0.2, 0) is 19.1 Å². The summed E-state index contributed by atoms with van der Waals surface area (Å²) in [5, 5.41) is 11.4. The van der Waals surface area contributed by atoms with Crippen molar-refractivity contribution in [2.24, 2.45) is 17.6 Å². The molecule has 0 radical (unpaired) electrons. The van der Waals surface area contributed by atoms with Gasteiger partial charge in [0.2, 0.25) is 5.91 Å². The quantitative estimate of drug-likeness (QED) is 0.626. The van der Waals surface area contributed by atoms with Crippen molar-refractivity contribution in [2.75, 3.05) is 0 Å². The Balaban J connectivity index is 1.75. The van der Waals surface area contributed by atoms with Crippen molar-refractivity contribution in [1.29, 1.82) is 0 Å². The molecule has 0 saturated heterocycles. The van der Waals surface area contributed by atoms with Crippen molar-refractivity contribution >= 4 is 17.8 Å². The number of hydrogen-bond donors (Lipinski definition) is 3. The highest BCUT2D eigenvalue weighted by Crippen LogP contribution is 2.52. The zero-order chi connectivity index (χ0) is 19.6. The van der Waals surface area contributed by atoms with Crippen LogP contribution in [0.25, 0.3) is 0 Å². The molecule has 0 aliphatic heterocycles. The van der Waals surface area contributed by atoms with Gasteiger partial charge in [0.05, 0.1) is 12.5 Å². The Morgan fingerprint density at radius 3 is 2.56 bits per heavy atom. The maximum absolute atomic E-state index is 13.0. The fraction of sp³-hybridized carbons (Fsp3) is 0.550. The number of hydrogen-bond acceptors (Lipinski definition) is 5. The van der Waals surface area contributed by atoms with Crippen LogP contribution in [0.5, 0.6) is 0 Å². The lowest BCUT2D eigenvalue weighted by atomic mass is 9.85. The number of carboxylic acid groups (broad SMARTS) is 1. The van der Waals surface area contributed by atoms with Crippen LogP contribution in [0, 0.1) is 11.8 Å². The van der Waals surface area contributed by atoms with Crippen molar-refractivity contribution in [3.05, 3.63) is 35.9 Å². The molecule has 1 amide bonds. The number of aliphatic carboxylic acids is 1. The first-order chi connectivity index (χ1) is 12.8. The molecule has 2 bridgehead atoms. The smallest absolute Gasteiger partial charge is 0.333 e. The van der Waals surface area contributed by atoms with E-state index >= 15 is 0 Å². The lowest BCUT2D eigenvalue weighted by Gasteiger charge is -2.35. The maximum atomic E-state index is 13.0. The highest BCUT2D eigenvalue weighted by molar-refractivity contribution is 5.90. The molecule has 7 nitrogen and oxygen atoms in total. The van der Waals surface area contributed by atoms with Crippen LogP contribution < -0.4 is 11.1 Å². The minimum Gasteiger partial charge on any atom is -0.481 e. The summed E-state index contributed by atoms with van der Waals surface area (Å²) in [4.78, 5) is 36.1. The van der Waals surface area contributed by atoms with Crippen LogP contribution in [0.1, 0.15) is 50.6 Å². The molecule has 1 aromatic rings. The van der Waals surface area contributed by atoms with E-state index in [1.165, 1.54) is 6.42 Å². The molecule has 0 aromatic heterocycles. The number of amides is 1. The second-order valence-corrected chi connectivity index (χ2v) is 7.87. The van der Waals surface area contributed by atoms with E-state index < -0.39 is 42.0 Å². The fourth-order valence-corrected chi connectivity index (χ4v) is 4.42. The molecule has 2 saturated carbocycles. The third-order valence-corrected chi connectivity index (χ3v) is 5.82. The van der Waals surface area contributed by atoms with Gasteiger partial charge < -0.3 is 20.9 Å². The summed E-state index contributed by atoms with van der Waals surface area (Å²) in [6, 6.07) is 6.52. The maximum Gasteiger partial charge on any atom is 0.333 e. The summed E-state index contributed by atoms with van der Waals surface area (Å²) in [6.45, 7) is 1.97. The van der Waals surface area contributed by atoms with Gasteiger partial charge in [-0.2, -0.15) is 0 Å². The summed E-state index contributed by atoms with van der Waals surface area (Å²) in [7, 11) is 0. The summed E-state index contributed by atoms with van der Waals surface area (Å²) in [6.07, 6.45) is 3.65. The molecule has 4 N–H and O–H groups in total. The van der Waals surface area contributed by atoms with Crippen LogP contribution >= 0.6 is 0 Å². The average molecular weight is 374 g/mol. The Kier molecular flexibility index (Phi) is 5.51. The van der Waals surface area contributed by atoms with Crippen molar-refractivity contribution in [1.82, 2.24) is 5.32 Å². The van der Waals surface area contributed by atoms with Gasteiger partial charge in [-0.3, -0.25) is 9.59 Å². The molecular formula is C20H26N2O5. The van der Waals surface area contributed by atoms with Gasteiger partial charge in [-0.1, -0.05) is 30.3 Å². The second-order valence-electron chi connectivity index (χ2n) is 7.87. The van der Waals surface area contributed by atoms with E-state index in [0.29, 0.717) is 17.4 Å². The number of carboxylic acids is 1. The van der Waals surface area contributed by atoms with Crippen LogP contribution in [0.3, 0.4) is 0 Å². The SMILES string of the molecule is CC1(OC(=O)[C@H](NC(=O)[C@@H](N)CC(=O)O)c2ccccc2)CC2CCC1C2. The van der Waals surface area contributed by atoms with E-state index in [9.17, 15) is 14.4 Å². The van der Waals surface area contributed by atoms with Crippen LogP contribution in [-0.4, -0.2) is 34.6 Å². The molecule has 0 heterocycles. The van der Waals surface area contributed by atoms with E-state index in [2.05, 4.69) is 5.32 Å². The standard InChI is InChI=1S/C20H26N2O5/c1-20(11-12-7-8-14(20)9-12)27-19(26)17(13-5-3-2-4-6-13)22-18(25)15(21)10-16(23)24/h2-6,12,14-15,17H,7-11,21H2,1H3,(H,22,25)(H,23,24)/t12?,14?,15-,17+,20?/m0/s1. The molecule has 2 aliphatic rings. The lowest BCUT2D eigenvalue weighted by molar-refractivity contribution is -0.167. The highest BCUT2D eigenvalue weighted by Gasteiger charge is 2.51. The zero-order valence-corrected chi connectivity index (χ0v) is 15.4. The first kappa shape index (κ1) is 19.4. The van der Waals surface area contributed by atoms with Crippen molar-refractivity contribution in [2.45, 2.75) is 56.7 Å². The Morgan fingerprint density at radius 2 is 2.00 bits per heavy atom. The number of fused-ring (bicyclic) bond motifs is 2. The summed E-state index contributed by atoms with van der Waals surface area (Å²) in [5.74, 6) is -1.45. The van der Waals surface area contributed by atoms with E-state index in [0.717, 1.165) is 19.3 Å². The molecule has 3 unspecified atom stereocenters. The van der Waals surface area contributed by atoms with Crippen LogP contribution in [0.15, 0.2) is 30.3 Å². The van der Waals surface area contributed by atoms with E-state index in [-0.39, 0.29) is 0 Å². The third-order valence-electron chi connectivity index (χ3n) is 5.82. The highest BCUT2D eigenvalue weighted by atomic mass is 16.6. The number of benzene rings is 1. The average Bonchev–Trinajstić information content (AvgIpc) is 3.19. The lowest BCUT2D eigenvalue weighted by Crippen LogP contribution is -2.47. The van der Waals surface area contributed by atoms with Gasteiger partial charge in [-0.25, -0.2) is 4.79 Å². The number of nitrogens with two attached hydrogens (primary N) is 1. The fourth-order valence-electron chi connectivity index (χ4n) is 4.42. The van der Waals surface area contributed by atoms with Gasteiger partial charge in [0.15, 0.2) is 6.04 Å². The predicted molar refractivity (Wildman–Crippen MR) is 97.5 cm³/mol. The largest absolute Gasteiger partial charge is 0.481 e. The van der Waals surface area contributed by atoms with Gasteiger partial charge >= 0.3 is 11.9 Å². The Bertz CT molecular complexity index is 722. The first-order valence-corrected chi connectivity index (χ1v) is 9.34. The second kappa shape index (κ2) is 7.68. The molecule has 27 heavy (non-hydrogen) atoms. The number of carbonyl (C=O) groups excluding carboxylic acids is 2. The van der Waals surface area contributed by atoms with Gasteiger partial charge in [0.1, 0.15) is 5.60 Å². The molecule has 2 fully saturated rings. The van der Waals surface area contributed by atoms with Gasteiger partial charge in [-0.15, -0.1) is 0 Å². The van der Waals surface area contributed by atoms with Gasteiger partial charge in [0, 0.05) is 0 Å². The summed E-state index contributed by atoms with van der Waals surface area (Å²) >= 11 is 0. The van der Waals surface area contributed by atoms with Crippen molar-refractivity contribution in [3.63, 3.8) is 0 Å². The van der Waals surface area contributed by atoms with Crippen LogP contribution in [0.2, 0.25) is 0 Å². The molecule has 3 rings (SSSR count). The van der Waals surface area contributed by atoms with Crippen molar-refractivity contribution in [3.8, 4) is 0 Å². The molecule has 0 spiro atoms.